The molecule has 0 atom stereocenters. The van der Waals surface area contributed by atoms with Crippen LogP contribution in [0.1, 0.15) is 37.2 Å². The molecule has 88 valence electrons. The third-order valence-electron chi connectivity index (χ3n) is 2.38. The third kappa shape index (κ3) is 3.49. The van der Waals surface area contributed by atoms with Crippen molar-refractivity contribution in [1.82, 2.24) is 9.88 Å². The van der Waals surface area contributed by atoms with E-state index in [0.29, 0.717) is 17.4 Å². The first-order valence-corrected chi connectivity index (χ1v) is 5.98. The minimum Gasteiger partial charge on any atom is -0.338 e. The number of hydrogen-bond acceptors (Lipinski definition) is 2. The van der Waals surface area contributed by atoms with Crippen LogP contribution in [0, 0.1) is 0 Å². The summed E-state index contributed by atoms with van der Waals surface area (Å²) in [7, 11) is 0. The van der Waals surface area contributed by atoms with Crippen LogP contribution in [0.4, 0.5) is 0 Å². The Labute approximate surface area is 101 Å². The molecule has 0 spiro atoms. The molecule has 0 fully saturated rings. The fraction of sp³-hybridized carbons (Fsp3) is 0.500. The molecular formula is C12H17ClN2O. The standard InChI is InChI=1S/C12H17ClN2O/c1-3-5-9-15(4-2)12(16)10-7-6-8-11(13)14-10/h6-8H,3-5,9H2,1-2H3. The van der Waals surface area contributed by atoms with E-state index in [4.69, 9.17) is 11.6 Å². The third-order valence-corrected chi connectivity index (χ3v) is 2.60. The number of aromatic nitrogens is 1. The minimum atomic E-state index is -0.0431. The first-order chi connectivity index (χ1) is 7.69. The topological polar surface area (TPSA) is 33.2 Å². The predicted octanol–water partition coefficient (Wildman–Crippen LogP) is 3.00. The van der Waals surface area contributed by atoms with Crippen molar-refractivity contribution >= 4 is 17.5 Å². The average molecular weight is 241 g/mol. The van der Waals surface area contributed by atoms with E-state index in [1.165, 1.54) is 0 Å². The zero-order chi connectivity index (χ0) is 12.0. The first kappa shape index (κ1) is 13.0. The Bertz CT molecular complexity index is 355. The number of nitrogens with zero attached hydrogens (tertiary/aromatic N) is 2. The number of hydrogen-bond donors (Lipinski definition) is 0. The first-order valence-electron chi connectivity index (χ1n) is 5.60. The van der Waals surface area contributed by atoms with Crippen molar-refractivity contribution in [3.63, 3.8) is 0 Å². The Morgan fingerprint density at radius 1 is 1.44 bits per heavy atom. The van der Waals surface area contributed by atoms with Crippen LogP contribution < -0.4 is 0 Å². The van der Waals surface area contributed by atoms with Crippen molar-refractivity contribution in [2.75, 3.05) is 13.1 Å². The number of pyridine rings is 1. The van der Waals surface area contributed by atoms with Gasteiger partial charge in [-0.15, -0.1) is 0 Å². The van der Waals surface area contributed by atoms with Gasteiger partial charge in [-0.3, -0.25) is 4.79 Å². The molecule has 4 heteroatoms. The molecule has 0 unspecified atom stereocenters. The van der Waals surface area contributed by atoms with Crippen LogP contribution in [-0.2, 0) is 0 Å². The monoisotopic (exact) mass is 240 g/mol. The molecule has 0 saturated heterocycles. The highest BCUT2D eigenvalue weighted by Crippen LogP contribution is 2.08. The second-order valence-corrected chi connectivity index (χ2v) is 3.97. The van der Waals surface area contributed by atoms with Crippen LogP contribution in [0.15, 0.2) is 18.2 Å². The van der Waals surface area contributed by atoms with Crippen LogP contribution in [0.3, 0.4) is 0 Å². The molecule has 3 nitrogen and oxygen atoms in total. The molecule has 0 aromatic carbocycles. The van der Waals surface area contributed by atoms with Crippen LogP contribution in [0.25, 0.3) is 0 Å². The van der Waals surface area contributed by atoms with Gasteiger partial charge in [0.2, 0.25) is 0 Å². The Morgan fingerprint density at radius 2 is 2.19 bits per heavy atom. The van der Waals surface area contributed by atoms with Gasteiger partial charge in [-0.2, -0.15) is 0 Å². The zero-order valence-corrected chi connectivity index (χ0v) is 10.5. The van der Waals surface area contributed by atoms with Gasteiger partial charge >= 0.3 is 0 Å². The number of unbranched alkanes of at least 4 members (excludes halogenated alkanes) is 1. The van der Waals surface area contributed by atoms with Gasteiger partial charge in [0.25, 0.3) is 5.91 Å². The lowest BCUT2D eigenvalue weighted by Crippen LogP contribution is -2.32. The maximum absolute atomic E-state index is 12.0. The lowest BCUT2D eigenvalue weighted by Gasteiger charge is -2.20. The van der Waals surface area contributed by atoms with Crippen LogP contribution in [0.5, 0.6) is 0 Å². The highest BCUT2D eigenvalue weighted by molar-refractivity contribution is 6.29. The molecule has 16 heavy (non-hydrogen) atoms. The van der Waals surface area contributed by atoms with Gasteiger partial charge in [0, 0.05) is 13.1 Å². The molecule has 0 radical (unpaired) electrons. The van der Waals surface area contributed by atoms with Gasteiger partial charge in [0.15, 0.2) is 0 Å². The number of carbonyl (C=O) groups is 1. The average Bonchev–Trinajstić information content (AvgIpc) is 2.29. The minimum absolute atomic E-state index is 0.0431. The van der Waals surface area contributed by atoms with E-state index < -0.39 is 0 Å². The fourth-order valence-electron chi connectivity index (χ4n) is 1.44. The molecule has 0 saturated carbocycles. The van der Waals surface area contributed by atoms with E-state index >= 15 is 0 Å². The SMILES string of the molecule is CCCCN(CC)C(=O)c1cccc(Cl)n1. The fourth-order valence-corrected chi connectivity index (χ4v) is 1.61. The van der Waals surface area contributed by atoms with Crippen LogP contribution >= 0.6 is 11.6 Å². The predicted molar refractivity (Wildman–Crippen MR) is 65.7 cm³/mol. The summed E-state index contributed by atoms with van der Waals surface area (Å²) < 4.78 is 0. The highest BCUT2D eigenvalue weighted by atomic mass is 35.5. The highest BCUT2D eigenvalue weighted by Gasteiger charge is 2.14. The van der Waals surface area contributed by atoms with Gasteiger partial charge in [-0.25, -0.2) is 4.98 Å². The van der Waals surface area contributed by atoms with Gasteiger partial charge < -0.3 is 4.90 Å². The molecule has 1 heterocycles. The van der Waals surface area contributed by atoms with Crippen molar-refractivity contribution in [3.05, 3.63) is 29.0 Å². The van der Waals surface area contributed by atoms with Crippen molar-refractivity contribution in [2.24, 2.45) is 0 Å². The molecule has 0 aliphatic heterocycles. The van der Waals surface area contributed by atoms with Crippen LogP contribution in [-0.4, -0.2) is 28.9 Å². The summed E-state index contributed by atoms with van der Waals surface area (Å²) in [5.41, 5.74) is 0.422. The number of halogens is 1. The van der Waals surface area contributed by atoms with Crippen molar-refractivity contribution < 1.29 is 4.79 Å². The second-order valence-electron chi connectivity index (χ2n) is 3.58. The van der Waals surface area contributed by atoms with E-state index in [9.17, 15) is 4.79 Å². The van der Waals surface area contributed by atoms with E-state index in [0.717, 1.165) is 19.4 Å². The summed E-state index contributed by atoms with van der Waals surface area (Å²) in [5.74, 6) is -0.0431. The smallest absolute Gasteiger partial charge is 0.272 e. The van der Waals surface area contributed by atoms with E-state index in [2.05, 4.69) is 11.9 Å². The lowest BCUT2D eigenvalue weighted by atomic mass is 10.2. The Hall–Kier alpha value is -1.09. The van der Waals surface area contributed by atoms with E-state index in [1.807, 2.05) is 6.92 Å². The molecule has 0 aliphatic rings. The normalized spacial score (nSPS) is 10.2. The van der Waals surface area contributed by atoms with E-state index in [-0.39, 0.29) is 5.91 Å². The molecule has 1 aromatic heterocycles. The van der Waals surface area contributed by atoms with Crippen molar-refractivity contribution in [2.45, 2.75) is 26.7 Å². The maximum atomic E-state index is 12.0. The maximum Gasteiger partial charge on any atom is 0.272 e. The summed E-state index contributed by atoms with van der Waals surface area (Å²) in [6.07, 6.45) is 2.09. The number of carbonyl (C=O) groups excluding carboxylic acids is 1. The van der Waals surface area contributed by atoms with Gasteiger partial charge in [-0.05, 0) is 25.5 Å². The van der Waals surface area contributed by atoms with Crippen LogP contribution in [0.2, 0.25) is 5.15 Å². The molecule has 1 aromatic rings. The molecule has 1 rings (SSSR count). The largest absolute Gasteiger partial charge is 0.338 e. The molecule has 0 N–H and O–H groups in total. The molecule has 1 amide bonds. The van der Waals surface area contributed by atoms with Crippen molar-refractivity contribution in [1.29, 1.82) is 0 Å². The summed E-state index contributed by atoms with van der Waals surface area (Å²) in [4.78, 5) is 17.9. The Morgan fingerprint density at radius 3 is 2.75 bits per heavy atom. The van der Waals surface area contributed by atoms with E-state index in [1.54, 1.807) is 23.1 Å². The second kappa shape index (κ2) is 6.48. The van der Waals surface area contributed by atoms with Gasteiger partial charge in [0.1, 0.15) is 10.8 Å². The number of amides is 1. The molecular weight excluding hydrogens is 224 g/mol. The lowest BCUT2D eigenvalue weighted by molar-refractivity contribution is 0.0756. The summed E-state index contributed by atoms with van der Waals surface area (Å²) in [5, 5.41) is 0.359. The van der Waals surface area contributed by atoms with Gasteiger partial charge in [-0.1, -0.05) is 31.0 Å². The Balaban J connectivity index is 2.74. The summed E-state index contributed by atoms with van der Waals surface area (Å²) in [6, 6.07) is 5.11. The van der Waals surface area contributed by atoms with Gasteiger partial charge in [0.05, 0.1) is 0 Å². The molecule has 0 aliphatic carbocycles. The summed E-state index contributed by atoms with van der Waals surface area (Å²) in [6.45, 7) is 5.56. The zero-order valence-electron chi connectivity index (χ0n) is 9.74. The number of rotatable bonds is 5. The Kier molecular flexibility index (Phi) is 5.26. The summed E-state index contributed by atoms with van der Waals surface area (Å²) >= 11 is 5.76. The quantitative estimate of drug-likeness (QED) is 0.742. The molecule has 0 bridgehead atoms. The van der Waals surface area contributed by atoms with Crippen molar-refractivity contribution in [3.8, 4) is 0 Å².